The van der Waals surface area contributed by atoms with Crippen LogP contribution >= 0.6 is 23.2 Å². The molecule has 1 unspecified atom stereocenters. The number of benzene rings is 3. The second-order valence-electron chi connectivity index (χ2n) is 8.04. The molecule has 5 rings (SSSR count). The predicted octanol–water partition coefficient (Wildman–Crippen LogP) is 7.05. The van der Waals surface area contributed by atoms with Gasteiger partial charge in [-0.05, 0) is 55.8 Å². The van der Waals surface area contributed by atoms with E-state index in [1.807, 2.05) is 50.2 Å². The largest absolute Gasteiger partial charge is 0.334 e. The lowest BCUT2D eigenvalue weighted by Gasteiger charge is -2.35. The molecule has 1 atom stereocenters. The van der Waals surface area contributed by atoms with Crippen LogP contribution in [0.5, 0.6) is 0 Å². The highest BCUT2D eigenvalue weighted by Gasteiger charge is 2.36. The number of hydrogen-bond donors (Lipinski definition) is 1. The summed E-state index contributed by atoms with van der Waals surface area (Å²) >= 11 is 12.2. The maximum absolute atomic E-state index is 13.2. The van der Waals surface area contributed by atoms with Gasteiger partial charge in [-0.25, -0.2) is 4.79 Å². The molecule has 8 heteroatoms. The highest BCUT2D eigenvalue weighted by atomic mass is 35.5. The summed E-state index contributed by atoms with van der Waals surface area (Å²) in [5.74, 6) is 0.729. The van der Waals surface area contributed by atoms with Crippen molar-refractivity contribution in [3.63, 3.8) is 0 Å². The van der Waals surface area contributed by atoms with Crippen LogP contribution < -0.4 is 10.2 Å². The van der Waals surface area contributed by atoms with Crippen molar-refractivity contribution in [1.29, 1.82) is 0 Å². The van der Waals surface area contributed by atoms with Gasteiger partial charge in [0.05, 0.1) is 17.3 Å². The number of carbonyl (C=O) groups is 1. The Morgan fingerprint density at radius 3 is 2.38 bits per heavy atom. The topological polar surface area (TPSA) is 71.3 Å². The molecule has 6 nitrogen and oxygen atoms in total. The minimum atomic E-state index is -0.468. The maximum Gasteiger partial charge on any atom is 0.326 e. The zero-order chi connectivity index (χ0) is 23.8. The second-order valence-corrected chi connectivity index (χ2v) is 8.91. The molecular formula is C26H20Cl2N4O2. The van der Waals surface area contributed by atoms with E-state index in [1.165, 1.54) is 0 Å². The van der Waals surface area contributed by atoms with Crippen LogP contribution in [0.1, 0.15) is 30.0 Å². The van der Waals surface area contributed by atoms with Crippen molar-refractivity contribution in [3.8, 4) is 11.4 Å². The van der Waals surface area contributed by atoms with Gasteiger partial charge >= 0.3 is 6.03 Å². The fourth-order valence-corrected chi connectivity index (χ4v) is 4.32. The van der Waals surface area contributed by atoms with Gasteiger partial charge in [0, 0.05) is 21.3 Å². The van der Waals surface area contributed by atoms with Crippen LogP contribution in [0.2, 0.25) is 10.0 Å². The quantitative estimate of drug-likeness (QED) is 0.332. The molecule has 4 aromatic rings. The van der Waals surface area contributed by atoms with E-state index in [-0.39, 0.29) is 6.03 Å². The fraction of sp³-hybridized carbons (Fsp3) is 0.115. The van der Waals surface area contributed by atoms with Crippen LogP contribution in [0.25, 0.3) is 17.0 Å². The van der Waals surface area contributed by atoms with Crippen molar-refractivity contribution in [2.75, 3.05) is 4.90 Å². The summed E-state index contributed by atoms with van der Waals surface area (Å²) in [6, 6.07) is 21.6. The Morgan fingerprint density at radius 1 is 0.941 bits per heavy atom. The molecular weight excluding hydrogens is 471 g/mol. The summed E-state index contributed by atoms with van der Waals surface area (Å²) in [5, 5.41) is 8.45. The monoisotopic (exact) mass is 490 g/mol. The third-order valence-electron chi connectivity index (χ3n) is 5.72. The van der Waals surface area contributed by atoms with Crippen molar-refractivity contribution >= 4 is 40.5 Å². The minimum Gasteiger partial charge on any atom is -0.334 e. The number of aromatic nitrogens is 2. The zero-order valence-corrected chi connectivity index (χ0v) is 19.9. The van der Waals surface area contributed by atoms with Crippen LogP contribution in [0.3, 0.4) is 0 Å². The van der Waals surface area contributed by atoms with Crippen molar-refractivity contribution in [2.24, 2.45) is 0 Å². The van der Waals surface area contributed by atoms with Gasteiger partial charge in [-0.15, -0.1) is 0 Å². The Bertz CT molecular complexity index is 1400. The van der Waals surface area contributed by atoms with Gasteiger partial charge in [-0.1, -0.05) is 70.3 Å². The van der Waals surface area contributed by atoms with Gasteiger partial charge in [-0.3, -0.25) is 4.90 Å². The normalized spacial score (nSPS) is 16.1. The number of amides is 2. The van der Waals surface area contributed by atoms with Crippen LogP contribution in [-0.4, -0.2) is 16.2 Å². The molecule has 1 aromatic heterocycles. The lowest BCUT2D eigenvalue weighted by atomic mass is 9.94. The number of nitrogens with zero attached hydrogens (tertiary/aromatic N) is 3. The molecule has 0 bridgehead atoms. The molecule has 34 heavy (non-hydrogen) atoms. The number of rotatable bonds is 4. The average molecular weight is 491 g/mol. The number of anilines is 1. The summed E-state index contributed by atoms with van der Waals surface area (Å²) in [5.41, 5.74) is 4.83. The summed E-state index contributed by atoms with van der Waals surface area (Å²) in [6.07, 6.45) is 0. The molecule has 0 aliphatic carbocycles. The van der Waals surface area contributed by atoms with E-state index >= 15 is 0 Å². The number of aryl methyl sites for hydroxylation is 1. The van der Waals surface area contributed by atoms with Crippen LogP contribution in [0, 0.1) is 6.92 Å². The molecule has 1 aliphatic heterocycles. The van der Waals surface area contributed by atoms with Crippen LogP contribution in [-0.2, 0) is 0 Å². The third-order valence-corrected chi connectivity index (χ3v) is 6.21. The number of carbonyl (C=O) groups excluding carboxylic acids is 1. The molecule has 0 spiro atoms. The van der Waals surface area contributed by atoms with E-state index in [2.05, 4.69) is 15.5 Å². The van der Waals surface area contributed by atoms with Gasteiger partial charge in [0.1, 0.15) is 0 Å². The first-order chi connectivity index (χ1) is 16.4. The third kappa shape index (κ3) is 4.18. The number of hydrogen-bond acceptors (Lipinski definition) is 4. The van der Waals surface area contributed by atoms with E-state index < -0.39 is 6.04 Å². The standard InChI is InChI=1S/C26H20Cl2N4O2/c1-15-6-8-17(9-7-15)23-22(25-30-24(31-34-25)18-4-3-5-20(28)14-18)16(2)32(26(33)29-23)21-12-10-19(27)11-13-21/h3-14,23H,1-2H3,(H,29,33). The average Bonchev–Trinajstić information content (AvgIpc) is 3.30. The summed E-state index contributed by atoms with van der Waals surface area (Å²) in [6.45, 7) is 3.88. The van der Waals surface area contributed by atoms with Gasteiger partial charge in [-0.2, -0.15) is 4.98 Å². The minimum absolute atomic E-state index is 0.260. The zero-order valence-electron chi connectivity index (χ0n) is 18.4. The number of nitrogens with one attached hydrogen (secondary N) is 1. The lowest BCUT2D eigenvalue weighted by molar-refractivity contribution is 0.244. The first-order valence-electron chi connectivity index (χ1n) is 10.6. The SMILES string of the molecule is CC1=C(c2nc(-c3cccc(Cl)c3)no2)C(c2ccc(C)cc2)NC(=O)N1c1ccc(Cl)cc1. The molecule has 1 aliphatic rings. The van der Waals surface area contributed by atoms with Gasteiger partial charge in [0.15, 0.2) is 0 Å². The Labute approximate surface area is 206 Å². The Kier molecular flexibility index (Phi) is 5.86. The predicted molar refractivity (Wildman–Crippen MR) is 134 cm³/mol. The summed E-state index contributed by atoms with van der Waals surface area (Å²) in [4.78, 5) is 19.5. The molecule has 0 fully saturated rings. The molecule has 3 aromatic carbocycles. The Morgan fingerprint density at radius 2 is 1.68 bits per heavy atom. The molecule has 170 valence electrons. The smallest absolute Gasteiger partial charge is 0.326 e. The number of urea groups is 1. The van der Waals surface area contributed by atoms with Crippen molar-refractivity contribution in [1.82, 2.24) is 15.5 Å². The maximum atomic E-state index is 13.2. The molecule has 1 N–H and O–H groups in total. The highest BCUT2D eigenvalue weighted by molar-refractivity contribution is 6.31. The van der Waals surface area contributed by atoms with Gasteiger partial charge in [0.2, 0.25) is 5.82 Å². The fourth-order valence-electron chi connectivity index (χ4n) is 4.01. The Balaban J connectivity index is 1.65. The van der Waals surface area contributed by atoms with Crippen molar-refractivity contribution < 1.29 is 9.32 Å². The number of halogens is 2. The van der Waals surface area contributed by atoms with E-state index in [4.69, 9.17) is 27.7 Å². The summed E-state index contributed by atoms with van der Waals surface area (Å²) < 4.78 is 5.72. The van der Waals surface area contributed by atoms with Crippen LogP contribution in [0.15, 0.2) is 83.0 Å². The lowest BCUT2D eigenvalue weighted by Crippen LogP contribution is -2.46. The Hall–Kier alpha value is -3.61. The molecule has 2 heterocycles. The number of allylic oxidation sites excluding steroid dienone is 1. The second kappa shape index (κ2) is 8.97. The molecule has 0 saturated carbocycles. The van der Waals surface area contributed by atoms with E-state index in [0.717, 1.165) is 16.7 Å². The van der Waals surface area contributed by atoms with E-state index in [1.54, 1.807) is 41.3 Å². The van der Waals surface area contributed by atoms with Gasteiger partial charge < -0.3 is 9.84 Å². The highest BCUT2D eigenvalue weighted by Crippen LogP contribution is 2.39. The van der Waals surface area contributed by atoms with Crippen molar-refractivity contribution in [2.45, 2.75) is 19.9 Å². The van der Waals surface area contributed by atoms with Crippen molar-refractivity contribution in [3.05, 3.63) is 106 Å². The first-order valence-corrected chi connectivity index (χ1v) is 11.4. The molecule has 0 radical (unpaired) electrons. The summed E-state index contributed by atoms with van der Waals surface area (Å²) in [7, 11) is 0. The molecule has 2 amide bonds. The molecule has 0 saturated heterocycles. The van der Waals surface area contributed by atoms with E-state index in [9.17, 15) is 4.79 Å². The van der Waals surface area contributed by atoms with E-state index in [0.29, 0.717) is 38.7 Å². The van der Waals surface area contributed by atoms with Crippen LogP contribution in [0.4, 0.5) is 10.5 Å². The first kappa shape index (κ1) is 22.2. The van der Waals surface area contributed by atoms with Gasteiger partial charge in [0.25, 0.3) is 5.89 Å².